The third-order valence-electron chi connectivity index (χ3n) is 4.71. The van der Waals surface area contributed by atoms with Crippen molar-refractivity contribution in [2.45, 2.75) is 16.6 Å². The number of thioether (sulfide) groups is 2. The van der Waals surface area contributed by atoms with E-state index in [4.69, 9.17) is 0 Å². The molecule has 0 radical (unpaired) electrons. The number of aryl methyl sites for hydroxylation is 2. The van der Waals surface area contributed by atoms with Crippen molar-refractivity contribution in [3.8, 4) is 0 Å². The van der Waals surface area contributed by atoms with Crippen molar-refractivity contribution in [1.82, 2.24) is 40.2 Å². The molecule has 1 saturated heterocycles. The number of aliphatic carboxylic acids is 1. The van der Waals surface area contributed by atoms with Gasteiger partial charge in [0.25, 0.3) is 11.8 Å². The molecule has 32 heavy (non-hydrogen) atoms. The maximum absolute atomic E-state index is 12.7. The molecule has 0 unspecified atom stereocenters. The molecule has 2 aliphatic heterocycles. The van der Waals surface area contributed by atoms with Gasteiger partial charge in [0, 0.05) is 25.6 Å². The zero-order valence-electron chi connectivity index (χ0n) is 16.5. The van der Waals surface area contributed by atoms with Crippen LogP contribution in [0.25, 0.3) is 0 Å². The first-order chi connectivity index (χ1) is 15.2. The van der Waals surface area contributed by atoms with E-state index in [9.17, 15) is 29.6 Å². The number of hydrogen-bond acceptors (Lipinski definition) is 11. The number of carboxylic acid groups (broad SMARTS) is 1. The standard InChI is InChI=1S/C15H15N9O6S2/c1-21-3-7(24(29)30)8(18-21)11(25)16-9-12(26)23-10(14(27)28)6(4-31-13(9)23)5-32-15-17-19-20-22(15)2/h3,9,13H,4-5H2,1-2H3,(H,16,25)(H,27,28)/t9-,13-/m1/s1. The van der Waals surface area contributed by atoms with E-state index in [0.29, 0.717) is 16.5 Å². The molecule has 0 aliphatic carbocycles. The fourth-order valence-corrected chi connectivity index (χ4v) is 5.61. The van der Waals surface area contributed by atoms with Gasteiger partial charge in [0.1, 0.15) is 23.3 Å². The fourth-order valence-electron chi connectivity index (χ4n) is 3.27. The number of amides is 2. The lowest BCUT2D eigenvalue weighted by molar-refractivity contribution is -0.385. The Bertz CT molecular complexity index is 1170. The first-order valence-corrected chi connectivity index (χ1v) is 11.0. The Labute approximate surface area is 187 Å². The monoisotopic (exact) mass is 481 g/mol. The van der Waals surface area contributed by atoms with Crippen LogP contribution in [0.5, 0.6) is 0 Å². The van der Waals surface area contributed by atoms with E-state index in [1.165, 1.54) is 35.3 Å². The number of β-lactam (4-membered cyclic amide) rings is 1. The molecule has 0 spiro atoms. The zero-order valence-corrected chi connectivity index (χ0v) is 18.2. The van der Waals surface area contributed by atoms with Crippen LogP contribution >= 0.6 is 23.5 Å². The van der Waals surface area contributed by atoms with Crippen LogP contribution in [0.4, 0.5) is 5.69 Å². The molecule has 2 aromatic heterocycles. The normalized spacial score (nSPS) is 20.1. The molecule has 17 heteroatoms. The van der Waals surface area contributed by atoms with Gasteiger partial charge in [0.05, 0.1) is 4.92 Å². The van der Waals surface area contributed by atoms with Crippen molar-refractivity contribution in [2.24, 2.45) is 14.1 Å². The van der Waals surface area contributed by atoms with Gasteiger partial charge >= 0.3 is 11.7 Å². The van der Waals surface area contributed by atoms with Crippen LogP contribution < -0.4 is 5.32 Å². The number of aromatic nitrogens is 6. The molecule has 4 rings (SSSR count). The molecular weight excluding hydrogens is 466 g/mol. The van der Waals surface area contributed by atoms with Gasteiger partial charge in [-0.25, -0.2) is 9.48 Å². The first-order valence-electron chi connectivity index (χ1n) is 8.93. The first kappa shape index (κ1) is 21.8. The molecule has 4 heterocycles. The predicted molar refractivity (Wildman–Crippen MR) is 108 cm³/mol. The summed E-state index contributed by atoms with van der Waals surface area (Å²) in [5.74, 6) is -2.19. The molecule has 0 bridgehead atoms. The second-order valence-corrected chi connectivity index (χ2v) is 8.83. The molecule has 2 atom stereocenters. The highest BCUT2D eigenvalue weighted by atomic mass is 32.2. The third-order valence-corrected chi connectivity index (χ3v) is 7.15. The maximum atomic E-state index is 12.7. The van der Waals surface area contributed by atoms with Gasteiger partial charge < -0.3 is 10.4 Å². The summed E-state index contributed by atoms with van der Waals surface area (Å²) in [6, 6.07) is -1.03. The minimum absolute atomic E-state index is 0.143. The van der Waals surface area contributed by atoms with E-state index in [0.717, 1.165) is 15.8 Å². The number of tetrazole rings is 1. The Morgan fingerprint density at radius 1 is 1.44 bits per heavy atom. The molecule has 2 aliphatic rings. The molecule has 168 valence electrons. The summed E-state index contributed by atoms with van der Waals surface area (Å²) in [5.41, 5.74) is -0.539. The smallest absolute Gasteiger partial charge is 0.352 e. The van der Waals surface area contributed by atoms with Crippen LogP contribution in [0.3, 0.4) is 0 Å². The number of nitro groups is 1. The van der Waals surface area contributed by atoms with Crippen molar-refractivity contribution in [3.05, 3.63) is 33.3 Å². The number of hydrogen-bond donors (Lipinski definition) is 2. The second-order valence-electron chi connectivity index (χ2n) is 6.79. The van der Waals surface area contributed by atoms with Crippen LogP contribution in [0.15, 0.2) is 22.6 Å². The van der Waals surface area contributed by atoms with E-state index in [1.807, 2.05) is 0 Å². The number of rotatable bonds is 7. The number of nitrogens with one attached hydrogen (secondary N) is 1. The summed E-state index contributed by atoms with van der Waals surface area (Å²) in [6.45, 7) is 0. The quantitative estimate of drug-likeness (QED) is 0.212. The number of carbonyl (C=O) groups is 3. The van der Waals surface area contributed by atoms with Gasteiger partial charge in [-0.15, -0.1) is 16.9 Å². The Balaban J connectivity index is 1.51. The van der Waals surface area contributed by atoms with Gasteiger partial charge in [-0.3, -0.25) is 29.3 Å². The maximum Gasteiger partial charge on any atom is 0.352 e. The Kier molecular flexibility index (Phi) is 5.59. The van der Waals surface area contributed by atoms with E-state index in [-0.39, 0.29) is 11.4 Å². The summed E-state index contributed by atoms with van der Waals surface area (Å²) in [7, 11) is 3.08. The van der Waals surface area contributed by atoms with Crippen molar-refractivity contribution < 1.29 is 24.4 Å². The summed E-state index contributed by atoms with van der Waals surface area (Å²) in [4.78, 5) is 48.7. The summed E-state index contributed by atoms with van der Waals surface area (Å²) < 4.78 is 2.57. The lowest BCUT2D eigenvalue weighted by Gasteiger charge is -2.49. The van der Waals surface area contributed by atoms with E-state index in [1.54, 1.807) is 7.05 Å². The lowest BCUT2D eigenvalue weighted by atomic mass is 10.0. The highest BCUT2D eigenvalue weighted by molar-refractivity contribution is 8.01. The van der Waals surface area contributed by atoms with Crippen LogP contribution in [-0.2, 0) is 23.7 Å². The average molecular weight is 481 g/mol. The Morgan fingerprint density at radius 3 is 2.81 bits per heavy atom. The third kappa shape index (κ3) is 3.68. The highest BCUT2D eigenvalue weighted by Gasteiger charge is 2.54. The topological polar surface area (TPSA) is 191 Å². The van der Waals surface area contributed by atoms with Crippen LogP contribution in [-0.4, -0.2) is 85.6 Å². The average Bonchev–Trinajstić information content (AvgIpc) is 3.34. The Hall–Kier alpha value is -3.47. The number of carboxylic acids is 1. The molecule has 2 amide bonds. The molecule has 0 aromatic carbocycles. The largest absolute Gasteiger partial charge is 0.477 e. The van der Waals surface area contributed by atoms with Gasteiger partial charge in [-0.2, -0.15) is 5.10 Å². The van der Waals surface area contributed by atoms with Gasteiger partial charge in [-0.05, 0) is 16.0 Å². The van der Waals surface area contributed by atoms with Crippen molar-refractivity contribution in [3.63, 3.8) is 0 Å². The predicted octanol–water partition coefficient (Wildman–Crippen LogP) is -1.00. The molecule has 1 fully saturated rings. The summed E-state index contributed by atoms with van der Waals surface area (Å²) in [6.07, 6.45) is 1.08. The van der Waals surface area contributed by atoms with Gasteiger partial charge in [0.2, 0.25) is 10.9 Å². The van der Waals surface area contributed by atoms with E-state index >= 15 is 0 Å². The molecule has 2 N–H and O–H groups in total. The number of nitrogens with zero attached hydrogens (tertiary/aromatic N) is 8. The van der Waals surface area contributed by atoms with Crippen LogP contribution in [0.1, 0.15) is 10.5 Å². The summed E-state index contributed by atoms with van der Waals surface area (Å²) in [5, 5.41) is 38.0. The zero-order chi connectivity index (χ0) is 23.2. The van der Waals surface area contributed by atoms with Crippen molar-refractivity contribution in [2.75, 3.05) is 11.5 Å². The Morgan fingerprint density at radius 2 is 2.19 bits per heavy atom. The lowest BCUT2D eigenvalue weighted by Crippen LogP contribution is -2.70. The number of carbonyl (C=O) groups excluding carboxylic acids is 2. The van der Waals surface area contributed by atoms with Crippen LogP contribution in [0.2, 0.25) is 0 Å². The van der Waals surface area contributed by atoms with Gasteiger partial charge in [-0.1, -0.05) is 11.8 Å². The van der Waals surface area contributed by atoms with Gasteiger partial charge in [0.15, 0.2) is 0 Å². The second kappa shape index (κ2) is 8.23. The minimum Gasteiger partial charge on any atom is -0.477 e. The molecular formula is C15H15N9O6S2. The van der Waals surface area contributed by atoms with Crippen molar-refractivity contribution >= 4 is 47.0 Å². The molecule has 0 saturated carbocycles. The fraction of sp³-hybridized carbons (Fsp3) is 0.400. The molecule has 2 aromatic rings. The number of fused-ring (bicyclic) bond motifs is 1. The summed E-state index contributed by atoms with van der Waals surface area (Å²) >= 11 is 2.52. The van der Waals surface area contributed by atoms with Crippen molar-refractivity contribution in [1.29, 1.82) is 0 Å². The molecule has 15 nitrogen and oxygen atoms in total. The van der Waals surface area contributed by atoms with Crippen LogP contribution in [0, 0.1) is 10.1 Å². The van der Waals surface area contributed by atoms with E-state index in [2.05, 4.69) is 25.9 Å². The highest BCUT2D eigenvalue weighted by Crippen LogP contribution is 2.41. The minimum atomic E-state index is -1.26. The SMILES string of the molecule is Cn1cc([N+](=O)[O-])c(C(=O)N[C@@H]2C(=O)N3C(C(=O)O)=C(CSc4nnnn4C)CS[C@H]23)n1. The van der Waals surface area contributed by atoms with E-state index < -0.39 is 45.5 Å².